The molecule has 1 saturated heterocycles. The van der Waals surface area contributed by atoms with Gasteiger partial charge in [0.15, 0.2) is 6.04 Å². The van der Waals surface area contributed by atoms with E-state index in [1.807, 2.05) is 13.8 Å². The van der Waals surface area contributed by atoms with Gasteiger partial charge in [0.05, 0.1) is 6.54 Å². The maximum Gasteiger partial charge on any atom is 0.360 e. The second-order valence-corrected chi connectivity index (χ2v) is 2.44. The van der Waals surface area contributed by atoms with Crippen LogP contribution in [0.3, 0.4) is 0 Å². The number of quaternary nitrogens is 1. The zero-order chi connectivity index (χ0) is 8.85. The van der Waals surface area contributed by atoms with Gasteiger partial charge in [0, 0.05) is 12.8 Å². The zero-order valence-corrected chi connectivity index (χ0v) is 7.26. The lowest BCUT2D eigenvalue weighted by atomic mass is 10.2. The van der Waals surface area contributed by atoms with Crippen LogP contribution in [0.4, 0.5) is 0 Å². The Bertz CT molecular complexity index is 126. The smallest absolute Gasteiger partial charge is 0.360 e. The fourth-order valence-corrected chi connectivity index (χ4v) is 1.21. The Balaban J connectivity index is -0.000000234. The van der Waals surface area contributed by atoms with Crippen molar-refractivity contribution in [3.63, 3.8) is 0 Å². The van der Waals surface area contributed by atoms with Crippen LogP contribution in [-0.4, -0.2) is 23.7 Å². The molecule has 1 heterocycles. The van der Waals surface area contributed by atoms with Crippen LogP contribution < -0.4 is 4.90 Å². The van der Waals surface area contributed by atoms with Gasteiger partial charge in [-0.25, -0.2) is 4.79 Å². The number of hydrogen-bond acceptors (Lipinski definition) is 1. The van der Waals surface area contributed by atoms with Crippen LogP contribution >= 0.6 is 0 Å². The Morgan fingerprint density at radius 3 is 2.08 bits per heavy atom. The molecule has 2 atom stereocenters. The van der Waals surface area contributed by atoms with E-state index in [0.717, 1.165) is 24.3 Å². The van der Waals surface area contributed by atoms with Gasteiger partial charge in [-0.2, -0.15) is 0 Å². The molecule has 0 aliphatic carbocycles. The van der Waals surface area contributed by atoms with Gasteiger partial charge in [0.25, 0.3) is 0 Å². The summed E-state index contributed by atoms with van der Waals surface area (Å²) in [6.07, 6.45) is 1.78. The minimum atomic E-state index is -0.711. The summed E-state index contributed by atoms with van der Waals surface area (Å²) in [5, 5.41) is 8.52. The van der Waals surface area contributed by atoms with Crippen LogP contribution in [-0.2, 0) is 4.79 Å². The highest BCUT2D eigenvalue weighted by atomic mass is 16.4. The predicted molar refractivity (Wildman–Crippen MR) is 56.7 cm³/mol. The average Bonchev–Trinajstić information content (AvgIpc) is 2.39. The van der Waals surface area contributed by atoms with Crippen molar-refractivity contribution < 1.29 is 14.8 Å². The first-order valence-electron chi connectivity index (χ1n) is 4.12. The van der Waals surface area contributed by atoms with Crippen LogP contribution in [0.25, 0.3) is 0 Å². The molecule has 1 aliphatic rings. The van der Waals surface area contributed by atoms with Crippen molar-refractivity contribution >= 4 is 5.97 Å². The lowest BCUT2D eigenvalue weighted by molar-refractivity contribution is -0.857. The number of carboxylic acids is 1. The van der Waals surface area contributed by atoms with Gasteiger partial charge in [-0.15, -0.1) is 7.05 Å². The van der Waals surface area contributed by atoms with E-state index in [9.17, 15) is 4.79 Å². The minimum Gasteiger partial charge on any atom is -0.477 e. The van der Waals surface area contributed by atoms with Gasteiger partial charge in [0.1, 0.15) is 0 Å². The van der Waals surface area contributed by atoms with Crippen molar-refractivity contribution in [3.8, 4) is 0 Å². The summed E-state index contributed by atoms with van der Waals surface area (Å²) in [6.45, 7) is 4.90. The number of hydrogen-bond donors (Lipinski definition) is 2. The number of carboxylic acid groups (broad SMARTS) is 1. The Hall–Kier alpha value is -0.570. The SMILES string of the molecule is C.C.CC.[CH2-][NH+]1CCC[C@H]1C(=O)O. The van der Waals surface area contributed by atoms with E-state index in [2.05, 4.69) is 7.05 Å². The molecule has 1 rings (SSSR count). The summed E-state index contributed by atoms with van der Waals surface area (Å²) in [4.78, 5) is 11.2. The Kier molecular flexibility index (Phi) is 13.4. The topological polar surface area (TPSA) is 41.7 Å². The maximum absolute atomic E-state index is 10.4. The van der Waals surface area contributed by atoms with Gasteiger partial charge in [0.2, 0.25) is 0 Å². The average molecular weight is 191 g/mol. The van der Waals surface area contributed by atoms with Crippen molar-refractivity contribution in [1.29, 1.82) is 0 Å². The summed E-state index contributed by atoms with van der Waals surface area (Å²) in [7, 11) is 3.68. The summed E-state index contributed by atoms with van der Waals surface area (Å²) in [6, 6.07) is -0.245. The van der Waals surface area contributed by atoms with Crippen molar-refractivity contribution in [1.82, 2.24) is 0 Å². The Morgan fingerprint density at radius 1 is 1.46 bits per heavy atom. The normalized spacial score (nSPS) is 24.5. The van der Waals surface area contributed by atoms with Crippen molar-refractivity contribution in [2.24, 2.45) is 0 Å². The lowest BCUT2D eigenvalue weighted by Crippen LogP contribution is -3.09. The lowest BCUT2D eigenvalue weighted by Gasteiger charge is -2.18. The number of likely N-dealkylation sites (tertiary alicyclic amines) is 1. The summed E-state index contributed by atoms with van der Waals surface area (Å²) in [5.74, 6) is -0.711. The van der Waals surface area contributed by atoms with Gasteiger partial charge >= 0.3 is 5.97 Å². The molecule has 0 bridgehead atoms. The molecule has 0 spiro atoms. The van der Waals surface area contributed by atoms with E-state index in [-0.39, 0.29) is 20.9 Å². The summed E-state index contributed by atoms with van der Waals surface area (Å²) in [5.41, 5.74) is 0. The van der Waals surface area contributed by atoms with Crippen molar-refractivity contribution in [2.45, 2.75) is 47.6 Å². The van der Waals surface area contributed by atoms with E-state index in [1.165, 1.54) is 0 Å². The Morgan fingerprint density at radius 2 is 1.92 bits per heavy atom. The minimum absolute atomic E-state index is 0. The van der Waals surface area contributed by atoms with E-state index < -0.39 is 5.97 Å². The third-order valence-corrected chi connectivity index (χ3v) is 1.78. The molecule has 1 fully saturated rings. The molecule has 1 unspecified atom stereocenters. The van der Waals surface area contributed by atoms with Crippen LogP contribution in [0.15, 0.2) is 0 Å². The first kappa shape index (κ1) is 18.3. The van der Waals surface area contributed by atoms with Gasteiger partial charge in [-0.1, -0.05) is 28.7 Å². The predicted octanol–water partition coefficient (Wildman–Crippen LogP) is 1.21. The van der Waals surface area contributed by atoms with Crippen LogP contribution in [0.2, 0.25) is 0 Å². The standard InChI is InChI=1S/C6H11NO2.C2H6.2CH4/c1-7-4-2-3-5(7)6(8)9;1-2;;/h5,7H,1-4H2,(H,8,9);1-2H3;2*1H4/t5-;;;/m0.../s1. The van der Waals surface area contributed by atoms with E-state index in [1.54, 1.807) is 0 Å². The Labute approximate surface area is 82.8 Å². The van der Waals surface area contributed by atoms with Gasteiger partial charge in [-0.3, -0.25) is 0 Å². The summed E-state index contributed by atoms with van der Waals surface area (Å²) >= 11 is 0. The molecule has 3 heteroatoms. The van der Waals surface area contributed by atoms with Gasteiger partial charge < -0.3 is 10.0 Å². The van der Waals surface area contributed by atoms with Crippen LogP contribution in [0.5, 0.6) is 0 Å². The van der Waals surface area contributed by atoms with E-state index >= 15 is 0 Å². The number of nitrogens with one attached hydrogen (secondary N) is 1. The molecule has 3 nitrogen and oxygen atoms in total. The largest absolute Gasteiger partial charge is 0.477 e. The molecule has 2 N–H and O–H groups in total. The van der Waals surface area contributed by atoms with Gasteiger partial charge in [-0.05, 0) is 0 Å². The molecule has 0 aromatic carbocycles. The number of aliphatic carboxylic acids is 1. The maximum atomic E-state index is 10.4. The molecule has 0 amide bonds. The zero-order valence-electron chi connectivity index (χ0n) is 7.26. The molecule has 0 radical (unpaired) electrons. The van der Waals surface area contributed by atoms with Crippen molar-refractivity contribution in [3.05, 3.63) is 7.05 Å². The first-order chi connectivity index (χ1) is 5.22. The molecule has 0 saturated carbocycles. The number of rotatable bonds is 1. The molecule has 0 aromatic heterocycles. The third kappa shape index (κ3) is 5.64. The second kappa shape index (κ2) is 9.52. The highest BCUT2D eigenvalue weighted by Crippen LogP contribution is 1.98. The first-order valence-corrected chi connectivity index (χ1v) is 4.12. The van der Waals surface area contributed by atoms with E-state index in [4.69, 9.17) is 5.11 Å². The fraction of sp³-hybridized carbons (Fsp3) is 0.800. The molecule has 0 aromatic rings. The highest BCUT2D eigenvalue weighted by molar-refractivity contribution is 5.71. The molecular formula is C10H25NO2. The summed E-state index contributed by atoms with van der Waals surface area (Å²) < 4.78 is 0. The molecular weight excluding hydrogens is 166 g/mol. The van der Waals surface area contributed by atoms with Crippen LogP contribution in [0, 0.1) is 7.05 Å². The quantitative estimate of drug-likeness (QED) is 0.612. The van der Waals surface area contributed by atoms with E-state index in [0.29, 0.717) is 0 Å². The monoisotopic (exact) mass is 191 g/mol. The molecule has 1 aliphatic heterocycles. The van der Waals surface area contributed by atoms with Crippen LogP contribution in [0.1, 0.15) is 41.5 Å². The van der Waals surface area contributed by atoms with Crippen molar-refractivity contribution in [2.75, 3.05) is 6.54 Å². The molecule has 82 valence electrons. The highest BCUT2D eigenvalue weighted by Gasteiger charge is 2.27. The molecule has 13 heavy (non-hydrogen) atoms. The second-order valence-electron chi connectivity index (χ2n) is 2.44. The third-order valence-electron chi connectivity index (χ3n) is 1.78. The number of carbonyl (C=O) groups is 1. The fourth-order valence-electron chi connectivity index (χ4n) is 1.21.